The predicted octanol–water partition coefficient (Wildman–Crippen LogP) is 5.73. The van der Waals surface area contributed by atoms with Crippen molar-refractivity contribution in [2.45, 2.75) is 37.0 Å². The van der Waals surface area contributed by atoms with Crippen LogP contribution in [0.15, 0.2) is 78.4 Å². The average Bonchev–Trinajstić information content (AvgIpc) is 3.46. The number of anilines is 1. The number of ether oxygens (including phenoxy) is 1. The predicted molar refractivity (Wildman–Crippen MR) is 179 cm³/mol. The molecular weight excluding hydrogens is 671 g/mol. The van der Waals surface area contributed by atoms with Crippen LogP contribution in [0.3, 0.4) is 0 Å². The number of likely N-dealkylation sites (tertiary alicyclic amines) is 1. The third kappa shape index (κ3) is 4.95. The molecule has 2 saturated heterocycles. The summed E-state index contributed by atoms with van der Waals surface area (Å²) in [5.74, 6) is -6.91. The monoisotopic (exact) mass is 702 g/mol. The highest BCUT2D eigenvalue weighted by atomic mass is 35.5. The summed E-state index contributed by atoms with van der Waals surface area (Å²) in [6, 6.07) is 18.7. The lowest BCUT2D eigenvalue weighted by molar-refractivity contribution is -0.142. The van der Waals surface area contributed by atoms with Crippen LogP contribution in [-0.4, -0.2) is 58.4 Å². The molecule has 4 aliphatic rings. The number of nitrogens with zero attached hydrogens (tertiary/aromatic N) is 2. The van der Waals surface area contributed by atoms with Crippen molar-refractivity contribution in [1.82, 2.24) is 4.90 Å². The number of carboxylic acid groups (broad SMARTS) is 1. The summed E-state index contributed by atoms with van der Waals surface area (Å²) in [5.41, 5.74) is 0.578. The second-order valence-corrected chi connectivity index (χ2v) is 13.8. The number of aromatic hydroxyl groups is 1. The number of imide groups is 2. The second-order valence-electron chi connectivity index (χ2n) is 13.0. The number of amides is 4. The van der Waals surface area contributed by atoms with Gasteiger partial charge in [0.05, 0.1) is 41.0 Å². The van der Waals surface area contributed by atoms with Crippen molar-refractivity contribution >= 4 is 58.5 Å². The van der Waals surface area contributed by atoms with E-state index in [1.807, 2.05) is 24.3 Å². The van der Waals surface area contributed by atoms with E-state index in [0.717, 1.165) is 4.90 Å². The molecule has 2 aliphatic carbocycles. The number of rotatable bonds is 8. The third-order valence-electron chi connectivity index (χ3n) is 10.6. The number of phenolic OH excluding ortho intramolecular Hbond substituents is 1. The van der Waals surface area contributed by atoms with Crippen LogP contribution in [0.4, 0.5) is 5.69 Å². The number of halogens is 2. The Bertz CT molecular complexity index is 1950. The Hall–Kier alpha value is -4.67. The van der Waals surface area contributed by atoms with Gasteiger partial charge < -0.3 is 14.9 Å². The van der Waals surface area contributed by atoms with Gasteiger partial charge in [0, 0.05) is 23.9 Å². The van der Waals surface area contributed by atoms with Crippen LogP contribution in [0, 0.1) is 23.7 Å². The van der Waals surface area contributed by atoms with Gasteiger partial charge in [0.1, 0.15) is 0 Å². The minimum Gasteiger partial charge on any atom is -0.503 e. The maximum Gasteiger partial charge on any atom is 0.303 e. The molecule has 3 fully saturated rings. The number of phenols is 1. The summed E-state index contributed by atoms with van der Waals surface area (Å²) in [5, 5.41) is 20.2. The number of fused-ring (bicyclic) bond motifs is 4. The van der Waals surface area contributed by atoms with Crippen molar-refractivity contribution in [3.8, 4) is 11.5 Å². The highest BCUT2D eigenvalue weighted by Gasteiger charge is 2.70. The summed E-state index contributed by atoms with van der Waals surface area (Å²) < 4.78 is 5.49. The number of hydrogen-bond donors (Lipinski definition) is 2. The normalized spacial score (nSPS) is 27.5. The topological polar surface area (TPSA) is 142 Å². The Labute approximate surface area is 291 Å². The highest BCUT2D eigenvalue weighted by Crippen LogP contribution is 2.65. The zero-order valence-electron chi connectivity index (χ0n) is 26.3. The van der Waals surface area contributed by atoms with Crippen molar-refractivity contribution < 1.29 is 38.9 Å². The first kappa shape index (κ1) is 32.9. The zero-order chi connectivity index (χ0) is 34.8. The van der Waals surface area contributed by atoms with Gasteiger partial charge in [-0.2, -0.15) is 0 Å². The molecule has 2 heterocycles. The van der Waals surface area contributed by atoms with Gasteiger partial charge in [0.15, 0.2) is 11.5 Å². The van der Waals surface area contributed by atoms with Crippen molar-refractivity contribution in [2.24, 2.45) is 23.7 Å². The lowest BCUT2D eigenvalue weighted by Crippen LogP contribution is -2.53. The Balaban J connectivity index is 1.45. The minimum absolute atomic E-state index is 0.0225. The zero-order valence-corrected chi connectivity index (χ0v) is 27.9. The van der Waals surface area contributed by atoms with Crippen molar-refractivity contribution in [2.75, 3.05) is 18.6 Å². The number of hydrogen-bond acceptors (Lipinski definition) is 7. The number of carbonyl (C=O) groups is 5. The number of carbonyl (C=O) groups excluding carboxylic acids is 4. The number of allylic oxidation sites excluding steroid dienone is 2. The Morgan fingerprint density at radius 3 is 2.41 bits per heavy atom. The molecule has 3 aromatic rings. The minimum atomic E-state index is -1.52. The molecule has 10 nitrogen and oxygen atoms in total. The molecule has 252 valence electrons. The largest absolute Gasteiger partial charge is 0.503 e. The van der Waals surface area contributed by atoms with Crippen LogP contribution in [0.5, 0.6) is 11.5 Å². The van der Waals surface area contributed by atoms with Gasteiger partial charge in [-0.3, -0.25) is 28.9 Å². The van der Waals surface area contributed by atoms with E-state index in [4.69, 9.17) is 33.0 Å². The summed E-state index contributed by atoms with van der Waals surface area (Å²) in [6.07, 6.45) is 2.16. The molecule has 6 atom stereocenters. The van der Waals surface area contributed by atoms with Crippen LogP contribution < -0.4 is 9.64 Å². The van der Waals surface area contributed by atoms with E-state index in [2.05, 4.69) is 0 Å². The van der Waals surface area contributed by atoms with E-state index in [0.29, 0.717) is 27.4 Å². The molecule has 1 saturated carbocycles. The Kier molecular flexibility index (Phi) is 8.27. The van der Waals surface area contributed by atoms with E-state index < -0.39 is 58.7 Å². The Morgan fingerprint density at radius 1 is 0.959 bits per heavy atom. The van der Waals surface area contributed by atoms with Gasteiger partial charge in [-0.15, -0.1) is 0 Å². The van der Waals surface area contributed by atoms with Crippen LogP contribution in [0.25, 0.3) is 0 Å². The first-order valence-corrected chi connectivity index (χ1v) is 16.8. The number of carboxylic acids is 1. The summed E-state index contributed by atoms with van der Waals surface area (Å²) in [6.45, 7) is -0.0233. The van der Waals surface area contributed by atoms with E-state index in [1.54, 1.807) is 48.5 Å². The van der Waals surface area contributed by atoms with Gasteiger partial charge in [-0.05, 0) is 66.6 Å². The van der Waals surface area contributed by atoms with Gasteiger partial charge in [0.2, 0.25) is 23.6 Å². The molecule has 7 rings (SSSR count). The van der Waals surface area contributed by atoms with Crippen LogP contribution in [-0.2, 0) is 29.4 Å². The number of methoxy groups -OCH3 is 1. The summed E-state index contributed by atoms with van der Waals surface area (Å²) in [7, 11) is 1.38. The van der Waals surface area contributed by atoms with E-state index >= 15 is 4.79 Å². The second kappa shape index (κ2) is 12.3. The molecule has 49 heavy (non-hydrogen) atoms. The molecule has 3 aromatic carbocycles. The molecule has 12 heteroatoms. The highest BCUT2D eigenvalue weighted by molar-refractivity contribution is 6.33. The molecule has 0 radical (unpaired) electrons. The first-order chi connectivity index (χ1) is 23.5. The van der Waals surface area contributed by atoms with Gasteiger partial charge in [0.25, 0.3) is 0 Å². The summed E-state index contributed by atoms with van der Waals surface area (Å²) in [4.78, 5) is 71.3. The van der Waals surface area contributed by atoms with Crippen LogP contribution in [0.2, 0.25) is 10.0 Å². The molecular formula is C37H32Cl2N2O8. The number of benzene rings is 3. The molecule has 0 spiro atoms. The van der Waals surface area contributed by atoms with Crippen LogP contribution >= 0.6 is 23.2 Å². The smallest absolute Gasteiger partial charge is 0.303 e. The lowest BCUT2D eigenvalue weighted by Gasteiger charge is -2.50. The molecule has 2 N–H and O–H groups in total. The van der Waals surface area contributed by atoms with Crippen molar-refractivity contribution in [1.29, 1.82) is 0 Å². The fourth-order valence-electron chi connectivity index (χ4n) is 8.71. The van der Waals surface area contributed by atoms with Gasteiger partial charge in [-0.25, -0.2) is 4.90 Å². The SMILES string of the molecule is COc1cc([C@H]2C3=CC[C@@H]4C(=O)N(CCCC(=O)O)C(=O)[C@@H]4[C@@H]3C[C@H]3C(=O)N(c4cccc(Cl)c4)C(=O)[C@@]23c2ccccc2)cc(Cl)c1O. The molecule has 0 bridgehead atoms. The molecule has 0 aromatic heterocycles. The van der Waals surface area contributed by atoms with Crippen molar-refractivity contribution in [3.63, 3.8) is 0 Å². The standard InChI is InChI=1S/C37H32Cl2N2O8/c1-49-28-16-19(15-27(39)32(28)44)31-23-12-13-24-30(35(47)40(33(24)45)14-6-11-29(42)43)25(23)18-26-34(46)41(22-10-5-9-21(38)17-22)36(48)37(26,31)20-7-3-2-4-8-20/h2-5,7-10,12,15-17,24-26,30-31,44H,6,11,13-14,18H2,1H3,(H,42,43)/t24-,25+,26-,30-,31-,37+/m0/s1. The van der Waals surface area contributed by atoms with Crippen molar-refractivity contribution in [3.05, 3.63) is 99.6 Å². The molecule has 4 amide bonds. The molecule has 0 unspecified atom stereocenters. The van der Waals surface area contributed by atoms with E-state index in [1.165, 1.54) is 12.0 Å². The maximum atomic E-state index is 15.3. The molecule has 2 aliphatic heterocycles. The van der Waals surface area contributed by atoms with Gasteiger partial charge in [-0.1, -0.05) is 71.2 Å². The maximum absolute atomic E-state index is 15.3. The summed E-state index contributed by atoms with van der Waals surface area (Å²) >= 11 is 12.9. The lowest BCUT2D eigenvalue weighted by atomic mass is 9.49. The van der Waals surface area contributed by atoms with Gasteiger partial charge >= 0.3 is 5.97 Å². The number of aliphatic carboxylic acids is 1. The van der Waals surface area contributed by atoms with E-state index in [9.17, 15) is 24.3 Å². The fraction of sp³-hybridized carbons (Fsp3) is 0.324. The Morgan fingerprint density at radius 2 is 1.71 bits per heavy atom. The quantitative estimate of drug-likeness (QED) is 0.224. The third-order valence-corrected chi connectivity index (χ3v) is 11.2. The first-order valence-electron chi connectivity index (χ1n) is 16.0. The van der Waals surface area contributed by atoms with E-state index in [-0.39, 0.29) is 54.7 Å². The van der Waals surface area contributed by atoms with Crippen LogP contribution in [0.1, 0.15) is 42.7 Å². The fourth-order valence-corrected chi connectivity index (χ4v) is 9.11. The average molecular weight is 704 g/mol.